The van der Waals surface area contributed by atoms with Crippen molar-refractivity contribution in [3.05, 3.63) is 18.2 Å². The topological polar surface area (TPSA) is 90.1 Å². The summed E-state index contributed by atoms with van der Waals surface area (Å²) in [7, 11) is -1.88. The van der Waals surface area contributed by atoms with E-state index in [2.05, 4.69) is 20.0 Å². The van der Waals surface area contributed by atoms with Crippen LogP contribution in [0, 0.1) is 0 Å². The molecule has 3 N–H and O–H groups in total. The molecular formula is C12H23N5O2S. The predicted molar refractivity (Wildman–Crippen MR) is 77.3 cm³/mol. The van der Waals surface area contributed by atoms with Crippen LogP contribution in [-0.2, 0) is 10.2 Å². The van der Waals surface area contributed by atoms with E-state index in [0.29, 0.717) is 18.4 Å². The SMILES string of the molecule is CC(NS(=O)(=O)N(C)CCCNC1CC1)c1ncc[nH]1. The van der Waals surface area contributed by atoms with Gasteiger partial charge in [-0.15, -0.1) is 0 Å². The van der Waals surface area contributed by atoms with E-state index in [4.69, 9.17) is 0 Å². The lowest BCUT2D eigenvalue weighted by Gasteiger charge is -2.20. The predicted octanol–water partition coefficient (Wildman–Crippen LogP) is 0.379. The third-order valence-corrected chi connectivity index (χ3v) is 4.98. The number of H-pyrrole nitrogens is 1. The summed E-state index contributed by atoms with van der Waals surface area (Å²) in [6.07, 6.45) is 6.58. The second-order valence-corrected chi connectivity index (χ2v) is 7.03. The van der Waals surface area contributed by atoms with Crippen molar-refractivity contribution in [1.29, 1.82) is 0 Å². The van der Waals surface area contributed by atoms with E-state index in [9.17, 15) is 8.42 Å². The Bertz CT molecular complexity index is 498. The second kappa shape index (κ2) is 6.66. The van der Waals surface area contributed by atoms with Crippen molar-refractivity contribution < 1.29 is 8.42 Å². The molecule has 1 aliphatic carbocycles. The third-order valence-electron chi connectivity index (χ3n) is 3.33. The Hall–Kier alpha value is -0.960. The van der Waals surface area contributed by atoms with Crippen molar-refractivity contribution in [2.24, 2.45) is 0 Å². The highest BCUT2D eigenvalue weighted by Crippen LogP contribution is 2.18. The number of nitrogens with zero attached hydrogens (tertiary/aromatic N) is 2. The Morgan fingerprint density at radius 3 is 2.90 bits per heavy atom. The molecule has 0 spiro atoms. The normalized spacial score (nSPS) is 17.6. The van der Waals surface area contributed by atoms with E-state index in [0.717, 1.165) is 13.0 Å². The summed E-state index contributed by atoms with van der Waals surface area (Å²) in [5.74, 6) is 0.609. The smallest absolute Gasteiger partial charge is 0.279 e. The zero-order valence-electron chi connectivity index (χ0n) is 12.0. The van der Waals surface area contributed by atoms with Crippen molar-refractivity contribution >= 4 is 10.2 Å². The quantitative estimate of drug-likeness (QED) is 0.575. The van der Waals surface area contributed by atoms with E-state index in [1.165, 1.54) is 17.1 Å². The van der Waals surface area contributed by atoms with Crippen molar-refractivity contribution in [2.75, 3.05) is 20.1 Å². The minimum Gasteiger partial charge on any atom is -0.347 e. The van der Waals surface area contributed by atoms with Crippen LogP contribution in [0.5, 0.6) is 0 Å². The van der Waals surface area contributed by atoms with E-state index in [1.54, 1.807) is 26.4 Å². The molecular weight excluding hydrogens is 278 g/mol. The van der Waals surface area contributed by atoms with Crippen molar-refractivity contribution in [3.8, 4) is 0 Å². The molecule has 7 nitrogen and oxygen atoms in total. The summed E-state index contributed by atoms with van der Waals surface area (Å²) >= 11 is 0. The maximum absolute atomic E-state index is 12.1. The first kappa shape index (κ1) is 15.4. The van der Waals surface area contributed by atoms with Gasteiger partial charge in [0.1, 0.15) is 5.82 Å². The Morgan fingerprint density at radius 1 is 1.55 bits per heavy atom. The van der Waals surface area contributed by atoms with Crippen LogP contribution >= 0.6 is 0 Å². The van der Waals surface area contributed by atoms with Gasteiger partial charge in [-0.2, -0.15) is 17.4 Å². The van der Waals surface area contributed by atoms with E-state index in [1.807, 2.05) is 0 Å². The van der Waals surface area contributed by atoms with Crippen LogP contribution in [0.1, 0.15) is 38.1 Å². The van der Waals surface area contributed by atoms with Gasteiger partial charge >= 0.3 is 0 Å². The third kappa shape index (κ3) is 4.55. The molecule has 1 aromatic rings. The largest absolute Gasteiger partial charge is 0.347 e. The van der Waals surface area contributed by atoms with E-state index >= 15 is 0 Å². The number of hydrogen-bond acceptors (Lipinski definition) is 4. The number of hydrogen-bond donors (Lipinski definition) is 3. The van der Waals surface area contributed by atoms with Gasteiger partial charge in [0.2, 0.25) is 0 Å². The average Bonchev–Trinajstić information content (AvgIpc) is 3.04. The fourth-order valence-electron chi connectivity index (χ4n) is 1.90. The first-order valence-electron chi connectivity index (χ1n) is 6.95. The molecule has 0 saturated heterocycles. The molecule has 1 unspecified atom stereocenters. The molecule has 0 aromatic carbocycles. The Morgan fingerprint density at radius 2 is 2.30 bits per heavy atom. The van der Waals surface area contributed by atoms with Crippen LogP contribution in [0.25, 0.3) is 0 Å². The van der Waals surface area contributed by atoms with E-state index in [-0.39, 0.29) is 6.04 Å². The van der Waals surface area contributed by atoms with Crippen molar-refractivity contribution in [1.82, 2.24) is 24.3 Å². The highest BCUT2D eigenvalue weighted by atomic mass is 32.2. The number of nitrogens with one attached hydrogen (secondary N) is 3. The number of aromatic amines is 1. The van der Waals surface area contributed by atoms with Crippen LogP contribution in [-0.4, -0.2) is 48.9 Å². The molecule has 0 aliphatic heterocycles. The molecule has 1 aliphatic rings. The summed E-state index contributed by atoms with van der Waals surface area (Å²) in [5.41, 5.74) is 0. The van der Waals surface area contributed by atoms with Crippen LogP contribution < -0.4 is 10.0 Å². The molecule has 1 heterocycles. The monoisotopic (exact) mass is 301 g/mol. The van der Waals surface area contributed by atoms with Gasteiger partial charge in [0.05, 0.1) is 6.04 Å². The van der Waals surface area contributed by atoms with Crippen LogP contribution in [0.3, 0.4) is 0 Å². The fourth-order valence-corrected chi connectivity index (χ4v) is 3.01. The zero-order chi connectivity index (χ0) is 14.6. The van der Waals surface area contributed by atoms with Gasteiger partial charge in [0.15, 0.2) is 0 Å². The number of rotatable bonds is 9. The molecule has 1 saturated carbocycles. The van der Waals surface area contributed by atoms with Gasteiger partial charge in [-0.05, 0) is 32.7 Å². The summed E-state index contributed by atoms with van der Waals surface area (Å²) in [5, 5.41) is 3.37. The minimum atomic E-state index is -3.48. The van der Waals surface area contributed by atoms with Gasteiger partial charge in [-0.1, -0.05) is 0 Å². The van der Waals surface area contributed by atoms with Gasteiger partial charge in [-0.3, -0.25) is 0 Å². The lowest BCUT2D eigenvalue weighted by Crippen LogP contribution is -2.40. The maximum Gasteiger partial charge on any atom is 0.279 e. The van der Waals surface area contributed by atoms with Gasteiger partial charge in [0, 0.05) is 32.0 Å². The summed E-state index contributed by atoms with van der Waals surface area (Å²) in [6.45, 7) is 3.12. The Labute approximate surface area is 120 Å². The molecule has 20 heavy (non-hydrogen) atoms. The van der Waals surface area contributed by atoms with Gasteiger partial charge < -0.3 is 10.3 Å². The summed E-state index contributed by atoms with van der Waals surface area (Å²) in [4.78, 5) is 6.95. The maximum atomic E-state index is 12.1. The summed E-state index contributed by atoms with van der Waals surface area (Å²) in [6, 6.07) is 0.288. The molecule has 0 radical (unpaired) electrons. The van der Waals surface area contributed by atoms with E-state index < -0.39 is 10.2 Å². The molecule has 1 atom stereocenters. The minimum absolute atomic E-state index is 0.373. The Kier molecular flexibility index (Phi) is 5.14. The lowest BCUT2D eigenvalue weighted by atomic mass is 10.3. The van der Waals surface area contributed by atoms with Gasteiger partial charge in [0.25, 0.3) is 10.2 Å². The first-order chi connectivity index (χ1) is 9.49. The van der Waals surface area contributed by atoms with Gasteiger partial charge in [-0.25, -0.2) is 4.98 Å². The highest BCUT2D eigenvalue weighted by Gasteiger charge is 2.22. The van der Waals surface area contributed by atoms with Crippen molar-refractivity contribution in [2.45, 2.75) is 38.3 Å². The standard InChI is InChI=1S/C12H23N5O2S/c1-10(12-14-7-8-15-12)16-20(18,19)17(2)9-3-6-13-11-4-5-11/h7-8,10-11,13,16H,3-6,9H2,1-2H3,(H,14,15). The number of imidazole rings is 1. The average molecular weight is 301 g/mol. The zero-order valence-corrected chi connectivity index (χ0v) is 12.8. The first-order valence-corrected chi connectivity index (χ1v) is 8.39. The van der Waals surface area contributed by atoms with Crippen molar-refractivity contribution in [3.63, 3.8) is 0 Å². The molecule has 1 aromatic heterocycles. The molecule has 1 fully saturated rings. The summed E-state index contributed by atoms with van der Waals surface area (Å²) < 4.78 is 28.2. The molecule has 0 amide bonds. The fraction of sp³-hybridized carbons (Fsp3) is 0.750. The molecule has 2 rings (SSSR count). The molecule has 8 heteroatoms. The molecule has 114 valence electrons. The lowest BCUT2D eigenvalue weighted by molar-refractivity contribution is 0.436. The van der Waals surface area contributed by atoms with Crippen LogP contribution in [0.4, 0.5) is 0 Å². The second-order valence-electron chi connectivity index (χ2n) is 5.22. The number of aromatic nitrogens is 2. The Balaban J connectivity index is 1.75. The van der Waals surface area contributed by atoms with Crippen LogP contribution in [0.15, 0.2) is 12.4 Å². The highest BCUT2D eigenvalue weighted by molar-refractivity contribution is 7.87. The molecule has 0 bridgehead atoms. The van der Waals surface area contributed by atoms with Crippen LogP contribution in [0.2, 0.25) is 0 Å².